The van der Waals surface area contributed by atoms with E-state index in [1.54, 1.807) is 4.90 Å². The predicted molar refractivity (Wildman–Crippen MR) is 74.0 cm³/mol. The summed E-state index contributed by atoms with van der Waals surface area (Å²) in [4.78, 5) is 30.5. The highest BCUT2D eigenvalue weighted by molar-refractivity contribution is 6.36. The van der Waals surface area contributed by atoms with Crippen molar-refractivity contribution in [2.45, 2.75) is 43.6 Å². The number of hydrogen-bond acceptors (Lipinski definition) is 4. The van der Waals surface area contributed by atoms with Gasteiger partial charge in [-0.15, -0.1) is 0 Å². The quantitative estimate of drug-likeness (QED) is 0.833. The lowest BCUT2D eigenvalue weighted by Crippen LogP contribution is -2.48. The Morgan fingerprint density at radius 3 is 2.35 bits per heavy atom. The van der Waals surface area contributed by atoms with Crippen molar-refractivity contribution < 1.29 is 28.3 Å². The second-order valence-corrected chi connectivity index (χ2v) is 7.24. The van der Waals surface area contributed by atoms with Crippen molar-refractivity contribution in [3.63, 3.8) is 0 Å². The Kier molecular flexibility index (Phi) is 2.99. The van der Waals surface area contributed by atoms with Gasteiger partial charge in [0.1, 0.15) is 5.60 Å². The number of fused-ring (bicyclic) bond motifs is 1. The molecule has 0 aromatic heterocycles. The zero-order valence-electron chi connectivity index (χ0n) is 12.5. The average molecular weight is 328 g/mol. The molecule has 0 aromatic rings. The van der Waals surface area contributed by atoms with Crippen molar-refractivity contribution in [1.82, 2.24) is 4.90 Å². The number of nitrogens with zero attached hydrogens (tertiary/aromatic N) is 2. The van der Waals surface area contributed by atoms with Crippen LogP contribution in [-0.2, 0) is 14.4 Å². The molecule has 23 heavy (non-hydrogen) atoms. The first-order valence-corrected chi connectivity index (χ1v) is 7.95. The van der Waals surface area contributed by atoms with Gasteiger partial charge in [-0.1, -0.05) is 5.16 Å². The molecule has 4 aliphatic rings. The molecule has 3 atom stereocenters. The SMILES string of the molecule is O=C(O)C1=NOC2(CCN(C(=O)C3[C@H]4CC(F)(F)C[C@@H]34)CC2)C1. The monoisotopic (exact) mass is 328 g/mol. The third kappa shape index (κ3) is 2.38. The summed E-state index contributed by atoms with van der Waals surface area (Å²) >= 11 is 0. The van der Waals surface area contributed by atoms with Crippen LogP contribution in [0.1, 0.15) is 32.1 Å². The minimum atomic E-state index is -2.60. The van der Waals surface area contributed by atoms with Crippen LogP contribution in [0.2, 0.25) is 0 Å². The fraction of sp³-hybridized carbons (Fsp3) is 0.800. The maximum atomic E-state index is 13.2. The molecule has 1 spiro atoms. The van der Waals surface area contributed by atoms with E-state index in [9.17, 15) is 18.4 Å². The minimum absolute atomic E-state index is 0.0173. The highest BCUT2D eigenvalue weighted by atomic mass is 19.3. The zero-order valence-corrected chi connectivity index (χ0v) is 12.5. The Morgan fingerprint density at radius 2 is 1.83 bits per heavy atom. The van der Waals surface area contributed by atoms with Crippen molar-refractivity contribution >= 4 is 17.6 Å². The minimum Gasteiger partial charge on any atom is -0.477 e. The van der Waals surface area contributed by atoms with E-state index >= 15 is 0 Å². The highest BCUT2D eigenvalue weighted by Crippen LogP contribution is 2.63. The summed E-state index contributed by atoms with van der Waals surface area (Å²) in [7, 11) is 0. The first-order valence-electron chi connectivity index (χ1n) is 7.95. The van der Waals surface area contributed by atoms with Gasteiger partial charge < -0.3 is 14.8 Å². The summed E-state index contributed by atoms with van der Waals surface area (Å²) < 4.78 is 26.4. The molecule has 3 fully saturated rings. The summed E-state index contributed by atoms with van der Waals surface area (Å²) in [6.45, 7) is 0.932. The van der Waals surface area contributed by atoms with Crippen molar-refractivity contribution in [3.8, 4) is 0 Å². The Morgan fingerprint density at radius 1 is 1.22 bits per heavy atom. The normalized spacial score (nSPS) is 36.3. The van der Waals surface area contributed by atoms with Gasteiger partial charge in [-0.2, -0.15) is 0 Å². The molecule has 8 heteroatoms. The van der Waals surface area contributed by atoms with Crippen LogP contribution >= 0.6 is 0 Å². The molecule has 1 N–H and O–H groups in total. The number of hydrogen-bond donors (Lipinski definition) is 1. The third-order valence-corrected chi connectivity index (χ3v) is 5.76. The molecule has 2 saturated carbocycles. The highest BCUT2D eigenvalue weighted by Gasteiger charge is 2.66. The van der Waals surface area contributed by atoms with E-state index in [0.717, 1.165) is 0 Å². The van der Waals surface area contributed by atoms with E-state index in [1.807, 2.05) is 0 Å². The van der Waals surface area contributed by atoms with Crippen molar-refractivity contribution in [2.75, 3.05) is 13.1 Å². The van der Waals surface area contributed by atoms with E-state index in [0.29, 0.717) is 25.9 Å². The smallest absolute Gasteiger partial charge is 0.353 e. The number of carbonyl (C=O) groups is 2. The van der Waals surface area contributed by atoms with Crippen LogP contribution in [0.5, 0.6) is 0 Å². The van der Waals surface area contributed by atoms with Gasteiger partial charge in [-0.3, -0.25) is 4.79 Å². The molecule has 1 unspecified atom stereocenters. The van der Waals surface area contributed by atoms with Crippen LogP contribution in [0, 0.1) is 17.8 Å². The lowest BCUT2D eigenvalue weighted by molar-refractivity contribution is -0.140. The molecule has 0 bridgehead atoms. The first-order chi connectivity index (χ1) is 10.8. The lowest BCUT2D eigenvalue weighted by Gasteiger charge is -2.37. The number of carboxylic acid groups (broad SMARTS) is 1. The van der Waals surface area contributed by atoms with Crippen LogP contribution in [0.15, 0.2) is 5.16 Å². The molecule has 6 nitrogen and oxygen atoms in total. The zero-order chi connectivity index (χ0) is 16.4. The lowest BCUT2D eigenvalue weighted by atomic mass is 9.86. The third-order valence-electron chi connectivity index (χ3n) is 5.76. The molecule has 126 valence electrons. The van der Waals surface area contributed by atoms with E-state index in [2.05, 4.69) is 5.16 Å². The molecule has 0 aromatic carbocycles. The Balaban J connectivity index is 1.32. The van der Waals surface area contributed by atoms with Crippen LogP contribution in [0.3, 0.4) is 0 Å². The van der Waals surface area contributed by atoms with Gasteiger partial charge in [-0.25, -0.2) is 13.6 Å². The number of alkyl halides is 2. The number of oxime groups is 1. The number of aliphatic carboxylic acids is 1. The standard InChI is InChI=1S/C15H18F2N2O4/c16-15(17)5-8-9(6-15)11(8)12(20)19-3-1-14(2-4-19)7-10(13(21)22)18-23-14/h8-9,11H,1-7H2,(H,21,22)/t8-,9+,11?. The number of piperidine rings is 1. The fourth-order valence-corrected chi connectivity index (χ4v) is 4.39. The molecule has 4 rings (SSSR count). The summed E-state index contributed by atoms with van der Waals surface area (Å²) in [5.74, 6) is -4.25. The van der Waals surface area contributed by atoms with Gasteiger partial charge in [0.2, 0.25) is 11.8 Å². The van der Waals surface area contributed by atoms with E-state index < -0.39 is 17.5 Å². The Hall–Kier alpha value is -1.73. The fourth-order valence-electron chi connectivity index (χ4n) is 4.39. The summed E-state index contributed by atoms with van der Waals surface area (Å²) in [5, 5.41) is 12.6. The molecule has 2 aliphatic carbocycles. The first kappa shape index (κ1) is 14.8. The number of rotatable bonds is 2. The Labute approximate surface area is 131 Å². The van der Waals surface area contributed by atoms with Crippen LogP contribution < -0.4 is 0 Å². The molecular weight excluding hydrogens is 310 g/mol. The molecule has 2 aliphatic heterocycles. The van der Waals surface area contributed by atoms with Gasteiger partial charge >= 0.3 is 5.97 Å². The van der Waals surface area contributed by atoms with Crippen LogP contribution in [0.4, 0.5) is 8.78 Å². The predicted octanol–water partition coefficient (Wildman–Crippen LogP) is 1.50. The maximum Gasteiger partial charge on any atom is 0.353 e. The topological polar surface area (TPSA) is 79.2 Å². The largest absolute Gasteiger partial charge is 0.477 e. The maximum absolute atomic E-state index is 13.2. The number of amides is 1. The van der Waals surface area contributed by atoms with E-state index in [4.69, 9.17) is 9.94 Å². The number of carboxylic acids is 1. The van der Waals surface area contributed by atoms with E-state index in [-0.39, 0.29) is 48.6 Å². The second-order valence-electron chi connectivity index (χ2n) is 7.24. The molecule has 1 amide bonds. The number of halogens is 2. The van der Waals surface area contributed by atoms with Crippen LogP contribution in [-0.4, -0.2) is 52.2 Å². The molecule has 2 heterocycles. The summed E-state index contributed by atoms with van der Waals surface area (Å²) in [6.07, 6.45) is 0.981. The molecular formula is C15H18F2N2O4. The van der Waals surface area contributed by atoms with Gasteiger partial charge in [0, 0.05) is 51.1 Å². The van der Waals surface area contributed by atoms with Gasteiger partial charge in [0.05, 0.1) is 0 Å². The van der Waals surface area contributed by atoms with Crippen molar-refractivity contribution in [2.24, 2.45) is 22.9 Å². The molecule has 1 saturated heterocycles. The summed E-state index contributed by atoms with van der Waals surface area (Å²) in [5.41, 5.74) is -0.597. The van der Waals surface area contributed by atoms with Crippen LogP contribution in [0.25, 0.3) is 0 Å². The van der Waals surface area contributed by atoms with Gasteiger partial charge in [-0.05, 0) is 11.8 Å². The van der Waals surface area contributed by atoms with Gasteiger partial charge in [0.25, 0.3) is 0 Å². The van der Waals surface area contributed by atoms with Crippen molar-refractivity contribution in [3.05, 3.63) is 0 Å². The average Bonchev–Trinajstić information content (AvgIpc) is 2.83. The molecule has 0 radical (unpaired) electrons. The van der Waals surface area contributed by atoms with E-state index in [1.165, 1.54) is 0 Å². The summed E-state index contributed by atoms with van der Waals surface area (Å²) in [6, 6.07) is 0. The Bertz CT molecular complexity index is 584. The number of likely N-dealkylation sites (tertiary alicyclic amines) is 1. The number of carbonyl (C=O) groups excluding carboxylic acids is 1. The second kappa shape index (κ2) is 4.64. The van der Waals surface area contributed by atoms with Crippen molar-refractivity contribution in [1.29, 1.82) is 0 Å². The van der Waals surface area contributed by atoms with Gasteiger partial charge in [0.15, 0.2) is 5.71 Å².